The van der Waals surface area contributed by atoms with Crippen molar-refractivity contribution in [3.8, 4) is 0 Å². The number of benzene rings is 1. The van der Waals surface area contributed by atoms with E-state index in [9.17, 15) is 19.2 Å². The molecule has 2 heterocycles. The third-order valence-electron chi connectivity index (χ3n) is 3.84. The van der Waals surface area contributed by atoms with E-state index in [4.69, 9.17) is 14.6 Å². The van der Waals surface area contributed by atoms with Gasteiger partial charge in [0, 0.05) is 5.69 Å². The normalized spacial score (nSPS) is 14.5. The van der Waals surface area contributed by atoms with Crippen LogP contribution < -0.4 is 10.6 Å². The van der Waals surface area contributed by atoms with E-state index in [-0.39, 0.29) is 23.3 Å². The minimum Gasteiger partial charge on any atom is -0.462 e. The van der Waals surface area contributed by atoms with Crippen LogP contribution in [0.3, 0.4) is 0 Å². The number of aliphatic imine (C=N–C) groups is 2. The van der Waals surface area contributed by atoms with Crippen molar-refractivity contribution in [3.63, 3.8) is 0 Å². The Morgan fingerprint density at radius 3 is 2.62 bits per heavy atom. The fourth-order valence-corrected chi connectivity index (χ4v) is 3.07. The number of esters is 1. The minimum atomic E-state index is -0.815. The van der Waals surface area contributed by atoms with Gasteiger partial charge in [-0.25, -0.2) is 9.79 Å². The lowest BCUT2D eigenvalue weighted by atomic mass is 10.2. The van der Waals surface area contributed by atoms with Gasteiger partial charge in [-0.15, -0.1) is 0 Å². The lowest BCUT2D eigenvalue weighted by molar-refractivity contribution is -0.114. The van der Waals surface area contributed by atoms with Crippen LogP contribution in [0.1, 0.15) is 27.8 Å². The van der Waals surface area contributed by atoms with Gasteiger partial charge >= 0.3 is 11.9 Å². The van der Waals surface area contributed by atoms with Crippen LogP contribution in [0.2, 0.25) is 0 Å². The van der Waals surface area contributed by atoms with E-state index in [2.05, 4.69) is 20.6 Å². The smallest absolute Gasteiger partial charge is 0.338 e. The topological polar surface area (TPSA) is 163 Å². The van der Waals surface area contributed by atoms with Crippen molar-refractivity contribution < 1.29 is 28.3 Å². The third kappa shape index (κ3) is 5.76. The molecule has 1 aliphatic heterocycles. The second-order valence-corrected chi connectivity index (χ2v) is 7.06. The first-order chi connectivity index (χ1) is 15.4. The van der Waals surface area contributed by atoms with Crippen LogP contribution >= 0.6 is 11.8 Å². The first-order valence-electron chi connectivity index (χ1n) is 9.22. The number of carbonyl (C=O) groups excluding carboxylic acids is 4. The van der Waals surface area contributed by atoms with Crippen molar-refractivity contribution >= 4 is 57.9 Å². The monoisotopic (exact) mass is 455 g/mol. The van der Waals surface area contributed by atoms with Crippen LogP contribution in [-0.4, -0.2) is 52.8 Å². The predicted octanol–water partition coefficient (Wildman–Crippen LogP) is 1.87. The zero-order chi connectivity index (χ0) is 23.1. The van der Waals surface area contributed by atoms with Crippen LogP contribution in [0.5, 0.6) is 0 Å². The lowest BCUT2D eigenvalue weighted by Crippen LogP contribution is -2.43. The molecule has 0 radical (unpaired) electrons. The molecule has 32 heavy (non-hydrogen) atoms. The molecule has 3 rings (SSSR count). The SMILES string of the molecule is CCOC(=O)c1ccc(NC(=O)CSC2=NC(=N)C(=NC(=O)c3ccco3)C(=O)N2)cc1. The number of furan rings is 1. The number of hydrogen-bond donors (Lipinski definition) is 3. The van der Waals surface area contributed by atoms with Crippen LogP contribution in [-0.2, 0) is 14.3 Å². The van der Waals surface area contributed by atoms with Gasteiger partial charge in [-0.1, -0.05) is 11.8 Å². The molecule has 11 nitrogen and oxygen atoms in total. The van der Waals surface area contributed by atoms with Crippen LogP contribution in [0, 0.1) is 5.41 Å². The summed E-state index contributed by atoms with van der Waals surface area (Å²) in [7, 11) is 0. The molecule has 0 saturated carbocycles. The van der Waals surface area contributed by atoms with E-state index < -0.39 is 35.2 Å². The predicted molar refractivity (Wildman–Crippen MR) is 117 cm³/mol. The molecule has 3 N–H and O–H groups in total. The standard InChI is InChI=1S/C20H17N5O6S/c1-2-30-19(29)11-5-7-12(8-6-11)22-14(26)10-32-20-24-16(21)15(18(28)25-20)23-17(27)13-4-3-9-31-13/h3-9H,2,10H2,1H3,(H,22,26)(H2,21,24,25,28). The summed E-state index contributed by atoms with van der Waals surface area (Å²) in [4.78, 5) is 55.4. The van der Waals surface area contributed by atoms with Crippen molar-refractivity contribution in [1.29, 1.82) is 5.41 Å². The van der Waals surface area contributed by atoms with Gasteiger partial charge in [0.15, 0.2) is 22.5 Å². The van der Waals surface area contributed by atoms with E-state index in [0.29, 0.717) is 11.3 Å². The Balaban J connectivity index is 1.55. The van der Waals surface area contributed by atoms with Gasteiger partial charge in [-0.2, -0.15) is 4.99 Å². The molecular formula is C20H17N5O6S. The van der Waals surface area contributed by atoms with Crippen molar-refractivity contribution in [2.24, 2.45) is 9.98 Å². The number of anilines is 1. The highest BCUT2D eigenvalue weighted by Gasteiger charge is 2.26. The van der Waals surface area contributed by atoms with Crippen LogP contribution in [0.25, 0.3) is 0 Å². The summed E-state index contributed by atoms with van der Waals surface area (Å²) in [5.41, 5.74) is 0.374. The summed E-state index contributed by atoms with van der Waals surface area (Å²) in [6, 6.07) is 9.04. The molecule has 0 bridgehead atoms. The second kappa shape index (κ2) is 10.3. The Kier molecular flexibility index (Phi) is 7.29. The molecule has 1 aromatic heterocycles. The Morgan fingerprint density at radius 2 is 2.00 bits per heavy atom. The zero-order valence-electron chi connectivity index (χ0n) is 16.7. The molecule has 3 amide bonds. The fraction of sp³-hybridized carbons (Fsp3) is 0.150. The number of thioether (sulfide) groups is 1. The number of nitrogens with one attached hydrogen (secondary N) is 3. The van der Waals surface area contributed by atoms with Crippen molar-refractivity contribution in [2.75, 3.05) is 17.7 Å². The molecule has 0 atom stereocenters. The number of carbonyl (C=O) groups is 4. The maximum Gasteiger partial charge on any atom is 0.338 e. The maximum absolute atomic E-state index is 12.2. The van der Waals surface area contributed by atoms with Crippen LogP contribution in [0.15, 0.2) is 57.1 Å². The fourth-order valence-electron chi connectivity index (χ4n) is 2.41. The summed E-state index contributed by atoms with van der Waals surface area (Å²) in [6.07, 6.45) is 1.28. The molecule has 0 aliphatic carbocycles. The Bertz CT molecular complexity index is 1120. The van der Waals surface area contributed by atoms with Gasteiger partial charge in [0.25, 0.3) is 5.91 Å². The van der Waals surface area contributed by atoms with Gasteiger partial charge < -0.3 is 14.5 Å². The Labute approximate surface area is 185 Å². The molecule has 0 fully saturated rings. The number of ether oxygens (including phenoxy) is 1. The summed E-state index contributed by atoms with van der Waals surface area (Å²) < 4.78 is 9.80. The van der Waals surface area contributed by atoms with E-state index in [1.165, 1.54) is 30.5 Å². The van der Waals surface area contributed by atoms with E-state index >= 15 is 0 Å². The van der Waals surface area contributed by atoms with Crippen molar-refractivity contribution in [1.82, 2.24) is 5.32 Å². The quantitative estimate of drug-likeness (QED) is 0.560. The summed E-state index contributed by atoms with van der Waals surface area (Å²) >= 11 is 0.898. The summed E-state index contributed by atoms with van der Waals surface area (Å²) in [6.45, 7) is 1.97. The zero-order valence-corrected chi connectivity index (χ0v) is 17.5. The molecule has 0 spiro atoms. The van der Waals surface area contributed by atoms with Crippen molar-refractivity contribution in [3.05, 3.63) is 54.0 Å². The van der Waals surface area contributed by atoms with E-state index in [1.807, 2.05) is 0 Å². The number of rotatable bonds is 6. The van der Waals surface area contributed by atoms with E-state index in [1.54, 1.807) is 19.1 Å². The number of amides is 3. The number of hydrogen-bond acceptors (Lipinski definition) is 8. The van der Waals surface area contributed by atoms with Gasteiger partial charge in [0.2, 0.25) is 5.91 Å². The molecule has 164 valence electrons. The van der Waals surface area contributed by atoms with Gasteiger partial charge in [0.05, 0.1) is 24.2 Å². The van der Waals surface area contributed by atoms with Gasteiger partial charge in [0.1, 0.15) is 0 Å². The number of amidine groups is 2. The highest BCUT2D eigenvalue weighted by Crippen LogP contribution is 2.13. The lowest BCUT2D eigenvalue weighted by Gasteiger charge is -2.14. The molecule has 1 aliphatic rings. The Hall–Kier alpha value is -4.06. The summed E-state index contributed by atoms with van der Waals surface area (Å²) in [5.74, 6) is -3.14. The average Bonchev–Trinajstić information content (AvgIpc) is 3.30. The van der Waals surface area contributed by atoms with E-state index in [0.717, 1.165) is 11.8 Å². The Morgan fingerprint density at radius 1 is 1.25 bits per heavy atom. The average molecular weight is 455 g/mol. The largest absolute Gasteiger partial charge is 0.462 e. The molecule has 2 aromatic rings. The minimum absolute atomic E-state index is 0.0252. The second-order valence-electron chi connectivity index (χ2n) is 6.10. The first kappa shape index (κ1) is 22.6. The maximum atomic E-state index is 12.2. The molecule has 0 unspecified atom stereocenters. The highest BCUT2D eigenvalue weighted by atomic mass is 32.2. The molecule has 12 heteroatoms. The highest BCUT2D eigenvalue weighted by molar-refractivity contribution is 8.14. The first-order valence-corrected chi connectivity index (χ1v) is 10.2. The van der Waals surface area contributed by atoms with Crippen LogP contribution in [0.4, 0.5) is 5.69 Å². The molecule has 0 saturated heterocycles. The summed E-state index contributed by atoms with van der Waals surface area (Å²) in [5, 5.41) is 12.9. The molecule has 1 aromatic carbocycles. The molecular weight excluding hydrogens is 438 g/mol. The number of nitrogens with zero attached hydrogens (tertiary/aromatic N) is 2. The van der Waals surface area contributed by atoms with Gasteiger partial charge in [-0.05, 0) is 43.3 Å². The van der Waals surface area contributed by atoms with Crippen molar-refractivity contribution in [2.45, 2.75) is 6.92 Å². The van der Waals surface area contributed by atoms with Gasteiger partial charge in [-0.3, -0.25) is 25.1 Å². The third-order valence-corrected chi connectivity index (χ3v) is 4.71.